The number of rotatable bonds is 2. The van der Waals surface area contributed by atoms with Gasteiger partial charge in [-0.25, -0.2) is 0 Å². The van der Waals surface area contributed by atoms with Gasteiger partial charge in [-0.05, 0) is 105 Å². The number of ketones is 1. The van der Waals surface area contributed by atoms with E-state index in [-0.39, 0.29) is 5.41 Å². The zero-order valence-corrected chi connectivity index (χ0v) is 18.5. The first kappa shape index (κ1) is 20.3. The first-order valence-electron chi connectivity index (χ1n) is 11.5. The molecule has 158 valence electrons. The molecule has 0 heterocycles. The summed E-state index contributed by atoms with van der Waals surface area (Å²) in [6, 6.07) is 7.70. The van der Waals surface area contributed by atoms with Crippen molar-refractivity contribution in [2.75, 3.05) is 0 Å². The fraction of sp³-hybridized carbons (Fsp3) is 0.556. The van der Waals surface area contributed by atoms with E-state index in [2.05, 4.69) is 12.7 Å². The summed E-state index contributed by atoms with van der Waals surface area (Å²) in [6.07, 6.45) is 14.0. The summed E-state index contributed by atoms with van der Waals surface area (Å²) in [6.45, 7) is 2.32. The van der Waals surface area contributed by atoms with E-state index in [0.29, 0.717) is 29.5 Å². The zero-order valence-electron chi connectivity index (χ0n) is 17.7. The molecule has 0 amide bonds. The number of aliphatic hydroxyl groups is 1. The third kappa shape index (κ3) is 3.25. The van der Waals surface area contributed by atoms with Crippen molar-refractivity contribution in [2.45, 2.75) is 63.9 Å². The van der Waals surface area contributed by atoms with E-state index in [1.54, 1.807) is 0 Å². The van der Waals surface area contributed by atoms with Crippen molar-refractivity contribution in [1.29, 1.82) is 0 Å². The second-order valence-electron chi connectivity index (χ2n) is 10.2. The average Bonchev–Trinajstić information content (AvgIpc) is 3.00. The van der Waals surface area contributed by atoms with Crippen LogP contribution in [0.15, 0.2) is 47.7 Å². The van der Waals surface area contributed by atoms with Crippen LogP contribution in [-0.2, 0) is 4.79 Å². The number of carbonyl (C=O) groups excluding carboxylic acids is 1. The molecule has 1 N–H and O–H groups in total. The highest BCUT2D eigenvalue weighted by Gasteiger charge is 2.61. The Hall–Kier alpha value is -1.60. The molecule has 0 saturated heterocycles. The molecule has 4 aliphatic carbocycles. The standard InChI is InChI=1S/C27H31ClO2/c1-26-15-12-23-22-11-9-21(29)17-19(22)6-10-24(23)25(26)13-16-27(26,30)14-2-3-18-4-7-20(28)8-5-18/h3-5,7-8,14,17,22-25,30H,6,9-13,15-16H2,1H3/t2?,22-,23+,24+,25-,26-,27-/m0/s1. The molecule has 1 aromatic rings. The zero-order chi connectivity index (χ0) is 20.9. The van der Waals surface area contributed by atoms with Crippen LogP contribution in [0.5, 0.6) is 0 Å². The van der Waals surface area contributed by atoms with Gasteiger partial charge in [0.1, 0.15) is 0 Å². The summed E-state index contributed by atoms with van der Waals surface area (Å²) >= 11 is 5.97. The van der Waals surface area contributed by atoms with Gasteiger partial charge in [0, 0.05) is 16.9 Å². The second kappa shape index (κ2) is 7.52. The van der Waals surface area contributed by atoms with Gasteiger partial charge < -0.3 is 5.11 Å². The smallest absolute Gasteiger partial charge is 0.155 e. The highest BCUT2D eigenvalue weighted by molar-refractivity contribution is 6.30. The van der Waals surface area contributed by atoms with Crippen molar-refractivity contribution in [3.05, 3.63) is 58.3 Å². The molecule has 0 bridgehead atoms. The van der Waals surface area contributed by atoms with E-state index >= 15 is 0 Å². The van der Waals surface area contributed by atoms with Crippen LogP contribution in [0.1, 0.15) is 63.9 Å². The molecule has 3 heteroatoms. The van der Waals surface area contributed by atoms with E-state index in [1.807, 2.05) is 42.5 Å². The van der Waals surface area contributed by atoms with Gasteiger partial charge in [0.05, 0.1) is 5.60 Å². The quantitative estimate of drug-likeness (QED) is 0.561. The Morgan fingerprint density at radius 1 is 1.07 bits per heavy atom. The fourth-order valence-corrected chi connectivity index (χ4v) is 7.43. The molecule has 30 heavy (non-hydrogen) atoms. The van der Waals surface area contributed by atoms with E-state index in [1.165, 1.54) is 18.4 Å². The summed E-state index contributed by atoms with van der Waals surface area (Å²) in [5.74, 6) is 2.89. The van der Waals surface area contributed by atoms with E-state index in [0.717, 1.165) is 49.1 Å². The lowest BCUT2D eigenvalue weighted by atomic mass is 9.50. The molecule has 0 spiro atoms. The molecule has 5 rings (SSSR count). The van der Waals surface area contributed by atoms with Crippen LogP contribution in [0.4, 0.5) is 0 Å². The Bertz CT molecular complexity index is 938. The first-order chi connectivity index (χ1) is 14.4. The Labute approximate surface area is 184 Å². The van der Waals surface area contributed by atoms with Gasteiger partial charge in [-0.2, -0.15) is 0 Å². The summed E-state index contributed by atoms with van der Waals surface area (Å²) in [4.78, 5) is 11.9. The van der Waals surface area contributed by atoms with Crippen molar-refractivity contribution in [3.8, 4) is 0 Å². The highest BCUT2D eigenvalue weighted by Crippen LogP contribution is 2.65. The Kier molecular flexibility index (Phi) is 5.09. The lowest BCUT2D eigenvalue weighted by Crippen LogP contribution is -2.51. The molecule has 0 radical (unpaired) electrons. The van der Waals surface area contributed by atoms with Crippen LogP contribution in [0.3, 0.4) is 0 Å². The molecule has 2 nitrogen and oxygen atoms in total. The monoisotopic (exact) mass is 422 g/mol. The van der Waals surface area contributed by atoms with Gasteiger partial charge >= 0.3 is 0 Å². The normalized spacial score (nSPS) is 39.8. The van der Waals surface area contributed by atoms with Crippen molar-refractivity contribution in [3.63, 3.8) is 0 Å². The minimum Gasteiger partial charge on any atom is -0.385 e. The van der Waals surface area contributed by atoms with Gasteiger partial charge in [-0.1, -0.05) is 36.2 Å². The molecular formula is C27H31ClO2. The maximum absolute atomic E-state index is 11.9. The third-order valence-electron chi connectivity index (χ3n) is 8.96. The van der Waals surface area contributed by atoms with Crippen LogP contribution in [-0.4, -0.2) is 16.5 Å². The number of benzene rings is 1. The average molecular weight is 423 g/mol. The molecule has 4 aliphatic rings. The first-order valence-corrected chi connectivity index (χ1v) is 11.9. The summed E-state index contributed by atoms with van der Waals surface area (Å²) in [5.41, 5.74) is 4.89. The number of allylic oxidation sites excluding steroid dienone is 1. The lowest BCUT2D eigenvalue weighted by Gasteiger charge is -2.55. The highest BCUT2D eigenvalue weighted by atomic mass is 35.5. The minimum atomic E-state index is -0.787. The van der Waals surface area contributed by atoms with Crippen LogP contribution in [0.2, 0.25) is 5.02 Å². The number of hydrogen-bond acceptors (Lipinski definition) is 2. The Morgan fingerprint density at radius 3 is 2.67 bits per heavy atom. The van der Waals surface area contributed by atoms with Crippen molar-refractivity contribution in [2.24, 2.45) is 29.1 Å². The molecule has 0 aromatic heterocycles. The fourth-order valence-electron chi connectivity index (χ4n) is 7.30. The topological polar surface area (TPSA) is 37.3 Å². The minimum absolute atomic E-state index is 0.0826. The number of fused-ring (bicyclic) bond motifs is 5. The molecule has 0 aliphatic heterocycles. The lowest BCUT2D eigenvalue weighted by molar-refractivity contribution is -0.116. The number of halogens is 1. The third-order valence-corrected chi connectivity index (χ3v) is 9.21. The van der Waals surface area contributed by atoms with Gasteiger partial charge in [0.15, 0.2) is 5.78 Å². The van der Waals surface area contributed by atoms with E-state index in [4.69, 9.17) is 11.6 Å². The van der Waals surface area contributed by atoms with Crippen molar-refractivity contribution < 1.29 is 9.90 Å². The predicted octanol–water partition coefficient (Wildman–Crippen LogP) is 6.38. The Morgan fingerprint density at radius 2 is 1.87 bits per heavy atom. The molecule has 6 atom stereocenters. The maximum Gasteiger partial charge on any atom is 0.155 e. The summed E-state index contributed by atoms with van der Waals surface area (Å²) in [7, 11) is 0. The summed E-state index contributed by atoms with van der Waals surface area (Å²) < 4.78 is 0. The van der Waals surface area contributed by atoms with Crippen molar-refractivity contribution >= 4 is 23.5 Å². The van der Waals surface area contributed by atoms with Gasteiger partial charge in [0.25, 0.3) is 0 Å². The summed E-state index contributed by atoms with van der Waals surface area (Å²) in [5, 5.41) is 12.4. The largest absolute Gasteiger partial charge is 0.385 e. The van der Waals surface area contributed by atoms with Crippen molar-refractivity contribution in [1.82, 2.24) is 0 Å². The van der Waals surface area contributed by atoms with Crippen LogP contribution < -0.4 is 0 Å². The van der Waals surface area contributed by atoms with Gasteiger partial charge in [0.2, 0.25) is 0 Å². The van der Waals surface area contributed by atoms with Gasteiger partial charge in [-0.3, -0.25) is 4.79 Å². The van der Waals surface area contributed by atoms with Crippen LogP contribution in [0.25, 0.3) is 6.08 Å². The number of carbonyl (C=O) groups is 1. The predicted molar refractivity (Wildman–Crippen MR) is 121 cm³/mol. The van der Waals surface area contributed by atoms with Crippen LogP contribution >= 0.6 is 11.6 Å². The number of hydrogen-bond donors (Lipinski definition) is 1. The van der Waals surface area contributed by atoms with Crippen LogP contribution in [0, 0.1) is 29.1 Å². The van der Waals surface area contributed by atoms with Gasteiger partial charge in [-0.15, -0.1) is 5.73 Å². The molecule has 0 unspecified atom stereocenters. The molecule has 3 saturated carbocycles. The molecule has 1 aromatic carbocycles. The van der Waals surface area contributed by atoms with E-state index < -0.39 is 5.60 Å². The molecular weight excluding hydrogens is 392 g/mol. The van der Waals surface area contributed by atoms with E-state index in [9.17, 15) is 9.90 Å². The molecule has 3 fully saturated rings. The maximum atomic E-state index is 11.9. The second-order valence-corrected chi connectivity index (χ2v) is 10.7. The SMILES string of the molecule is C[C@]12CC[C@H]3[C@@H](CCC4=CC(=O)CC[C@@H]43)[C@@H]1CC[C@@]2(O)C=C=Cc1ccc(Cl)cc1. The Balaban J connectivity index is 1.38.